The molecule has 1 unspecified atom stereocenters. The van der Waals surface area contributed by atoms with E-state index in [1.165, 1.54) is 0 Å². The van der Waals surface area contributed by atoms with E-state index in [1.807, 2.05) is 18.2 Å². The molecule has 6 heteroatoms. The first-order chi connectivity index (χ1) is 9.65. The van der Waals surface area contributed by atoms with Gasteiger partial charge in [0, 0.05) is 19.6 Å². The van der Waals surface area contributed by atoms with Gasteiger partial charge in [0.05, 0.1) is 24.2 Å². The number of aliphatic carboxylic acids is 1. The molecule has 1 fully saturated rings. The molecule has 1 aliphatic rings. The summed E-state index contributed by atoms with van der Waals surface area (Å²) < 4.78 is 11.0. The van der Waals surface area contributed by atoms with Gasteiger partial charge in [0.2, 0.25) is 0 Å². The van der Waals surface area contributed by atoms with Gasteiger partial charge in [-0.25, -0.2) is 0 Å². The van der Waals surface area contributed by atoms with Gasteiger partial charge in [-0.3, -0.25) is 9.69 Å². The van der Waals surface area contributed by atoms with Crippen LogP contribution in [0.3, 0.4) is 0 Å². The summed E-state index contributed by atoms with van der Waals surface area (Å²) in [6, 6.07) is 7.34. The number of nitrogens with zero attached hydrogens (tertiary/aromatic N) is 1. The summed E-state index contributed by atoms with van der Waals surface area (Å²) in [4.78, 5) is 12.8. The van der Waals surface area contributed by atoms with Gasteiger partial charge in [-0.1, -0.05) is 23.7 Å². The molecule has 1 saturated heterocycles. The number of para-hydroxylation sites is 1. The molecule has 110 valence electrons. The summed E-state index contributed by atoms with van der Waals surface area (Å²) in [6.45, 7) is 3.22. The van der Waals surface area contributed by atoms with E-state index in [4.69, 9.17) is 26.2 Å². The van der Waals surface area contributed by atoms with Gasteiger partial charge in [-0.15, -0.1) is 0 Å². The number of morpholine rings is 1. The Hall–Kier alpha value is -1.30. The van der Waals surface area contributed by atoms with Crippen molar-refractivity contribution in [2.45, 2.75) is 12.5 Å². The first-order valence-corrected chi connectivity index (χ1v) is 6.96. The zero-order chi connectivity index (χ0) is 14.4. The Morgan fingerprint density at radius 2 is 2.30 bits per heavy atom. The number of carboxylic acids is 1. The number of halogens is 1. The summed E-state index contributed by atoms with van der Waals surface area (Å²) in [5.41, 5.74) is 0. The SMILES string of the molecule is O=C(O)CC1CN(CCOc2ccccc2Cl)CCO1. The first-order valence-electron chi connectivity index (χ1n) is 6.58. The van der Waals surface area contributed by atoms with Crippen molar-refractivity contribution in [3.05, 3.63) is 29.3 Å². The maximum Gasteiger partial charge on any atom is 0.306 e. The number of hydrogen-bond acceptors (Lipinski definition) is 4. The molecular formula is C14H18ClNO4. The van der Waals surface area contributed by atoms with Crippen LogP contribution in [0.5, 0.6) is 5.75 Å². The van der Waals surface area contributed by atoms with Crippen molar-refractivity contribution in [1.82, 2.24) is 4.90 Å². The summed E-state index contributed by atoms with van der Waals surface area (Å²) in [6.07, 6.45) is -0.191. The zero-order valence-electron chi connectivity index (χ0n) is 11.1. The number of rotatable bonds is 6. The third kappa shape index (κ3) is 4.67. The fourth-order valence-corrected chi connectivity index (χ4v) is 2.34. The lowest BCUT2D eigenvalue weighted by atomic mass is 10.2. The molecule has 0 spiro atoms. The van der Waals surface area contributed by atoms with E-state index in [2.05, 4.69) is 4.90 Å². The zero-order valence-corrected chi connectivity index (χ0v) is 11.9. The van der Waals surface area contributed by atoms with E-state index in [0.29, 0.717) is 30.5 Å². The van der Waals surface area contributed by atoms with Crippen LogP contribution in [0, 0.1) is 0 Å². The molecule has 0 amide bonds. The molecule has 0 aliphatic carbocycles. The second-order valence-corrected chi connectivity index (χ2v) is 5.08. The molecule has 1 aromatic carbocycles. The van der Waals surface area contributed by atoms with Crippen LogP contribution in [-0.2, 0) is 9.53 Å². The lowest BCUT2D eigenvalue weighted by molar-refractivity contribution is -0.142. The summed E-state index contributed by atoms with van der Waals surface area (Å²) >= 11 is 6.00. The van der Waals surface area contributed by atoms with E-state index in [9.17, 15) is 4.79 Å². The van der Waals surface area contributed by atoms with Gasteiger partial charge in [-0.2, -0.15) is 0 Å². The smallest absolute Gasteiger partial charge is 0.306 e. The number of hydrogen-bond donors (Lipinski definition) is 1. The average Bonchev–Trinajstić information content (AvgIpc) is 2.41. The lowest BCUT2D eigenvalue weighted by Gasteiger charge is -2.32. The molecule has 2 rings (SSSR count). The van der Waals surface area contributed by atoms with E-state index in [1.54, 1.807) is 6.07 Å². The minimum absolute atomic E-state index is 0.0435. The predicted octanol–water partition coefficient (Wildman–Crippen LogP) is 1.89. The van der Waals surface area contributed by atoms with Crippen LogP contribution >= 0.6 is 11.6 Å². The number of ether oxygens (including phenoxy) is 2. The van der Waals surface area contributed by atoms with E-state index >= 15 is 0 Å². The maximum atomic E-state index is 10.7. The number of carboxylic acid groups (broad SMARTS) is 1. The molecule has 1 atom stereocenters. The molecule has 0 aromatic heterocycles. The summed E-state index contributed by atoms with van der Waals surface area (Å²) in [5.74, 6) is -0.159. The summed E-state index contributed by atoms with van der Waals surface area (Å²) in [7, 11) is 0. The largest absolute Gasteiger partial charge is 0.491 e. The fourth-order valence-electron chi connectivity index (χ4n) is 2.15. The second kappa shape index (κ2) is 7.47. The lowest BCUT2D eigenvalue weighted by Crippen LogP contribution is -2.44. The highest BCUT2D eigenvalue weighted by atomic mass is 35.5. The van der Waals surface area contributed by atoms with Crippen molar-refractivity contribution in [3.8, 4) is 5.75 Å². The topological polar surface area (TPSA) is 59.0 Å². The standard InChI is InChI=1S/C14H18ClNO4/c15-12-3-1-2-4-13(12)20-8-6-16-5-7-19-11(10-16)9-14(17)18/h1-4,11H,5-10H2,(H,17,18). The first kappa shape index (κ1) is 15.1. The Bertz CT molecular complexity index is 455. The summed E-state index contributed by atoms with van der Waals surface area (Å²) in [5, 5.41) is 9.36. The highest BCUT2D eigenvalue weighted by Gasteiger charge is 2.22. The third-order valence-electron chi connectivity index (χ3n) is 3.13. The third-order valence-corrected chi connectivity index (χ3v) is 3.44. The van der Waals surface area contributed by atoms with E-state index in [0.717, 1.165) is 13.1 Å². The van der Waals surface area contributed by atoms with Gasteiger partial charge in [0.25, 0.3) is 0 Å². The Morgan fingerprint density at radius 3 is 3.05 bits per heavy atom. The second-order valence-electron chi connectivity index (χ2n) is 4.67. The van der Waals surface area contributed by atoms with Crippen LogP contribution in [0.1, 0.15) is 6.42 Å². The maximum absolute atomic E-state index is 10.7. The minimum Gasteiger partial charge on any atom is -0.491 e. The van der Waals surface area contributed by atoms with Crippen molar-refractivity contribution < 1.29 is 19.4 Å². The van der Waals surface area contributed by atoms with Crippen molar-refractivity contribution in [2.75, 3.05) is 32.8 Å². The predicted molar refractivity (Wildman–Crippen MR) is 75.4 cm³/mol. The van der Waals surface area contributed by atoms with Crippen molar-refractivity contribution in [3.63, 3.8) is 0 Å². The molecule has 5 nitrogen and oxygen atoms in total. The molecule has 1 heterocycles. The van der Waals surface area contributed by atoms with Crippen molar-refractivity contribution in [1.29, 1.82) is 0 Å². The van der Waals surface area contributed by atoms with Gasteiger partial charge in [0.15, 0.2) is 0 Å². The van der Waals surface area contributed by atoms with Crippen LogP contribution in [0.2, 0.25) is 5.02 Å². The molecule has 0 bridgehead atoms. The van der Waals surface area contributed by atoms with Crippen LogP contribution in [0.25, 0.3) is 0 Å². The molecule has 1 N–H and O–H groups in total. The van der Waals surface area contributed by atoms with Gasteiger partial charge in [0.1, 0.15) is 12.4 Å². The van der Waals surface area contributed by atoms with Crippen LogP contribution < -0.4 is 4.74 Å². The number of benzene rings is 1. The molecule has 0 saturated carbocycles. The Balaban J connectivity index is 1.74. The van der Waals surface area contributed by atoms with Crippen LogP contribution in [0.15, 0.2) is 24.3 Å². The normalized spacial score (nSPS) is 19.8. The quantitative estimate of drug-likeness (QED) is 0.869. The molecule has 20 heavy (non-hydrogen) atoms. The van der Waals surface area contributed by atoms with Crippen LogP contribution in [-0.4, -0.2) is 54.9 Å². The fraction of sp³-hybridized carbons (Fsp3) is 0.500. The van der Waals surface area contributed by atoms with Crippen LogP contribution in [0.4, 0.5) is 0 Å². The highest BCUT2D eigenvalue weighted by molar-refractivity contribution is 6.32. The van der Waals surface area contributed by atoms with Crippen molar-refractivity contribution >= 4 is 17.6 Å². The van der Waals surface area contributed by atoms with Crippen molar-refractivity contribution in [2.24, 2.45) is 0 Å². The Morgan fingerprint density at radius 1 is 1.50 bits per heavy atom. The molecule has 0 radical (unpaired) electrons. The average molecular weight is 300 g/mol. The van der Waals surface area contributed by atoms with E-state index < -0.39 is 5.97 Å². The molecule has 1 aliphatic heterocycles. The highest BCUT2D eigenvalue weighted by Crippen LogP contribution is 2.22. The van der Waals surface area contributed by atoms with E-state index in [-0.39, 0.29) is 12.5 Å². The minimum atomic E-state index is -0.829. The molecule has 1 aromatic rings. The van der Waals surface area contributed by atoms with Gasteiger partial charge >= 0.3 is 5.97 Å². The van der Waals surface area contributed by atoms with Gasteiger partial charge in [-0.05, 0) is 12.1 Å². The molecular weight excluding hydrogens is 282 g/mol. The number of carbonyl (C=O) groups is 1. The monoisotopic (exact) mass is 299 g/mol. The van der Waals surface area contributed by atoms with Gasteiger partial charge < -0.3 is 14.6 Å². The Labute approximate surface area is 123 Å². The Kier molecular flexibility index (Phi) is 5.64.